The van der Waals surface area contributed by atoms with Crippen molar-refractivity contribution < 1.29 is 0 Å². The van der Waals surface area contributed by atoms with Gasteiger partial charge in [0.1, 0.15) is 24.3 Å². The maximum atomic E-state index is 8.93. The van der Waals surface area contributed by atoms with Crippen LogP contribution >= 0.6 is 0 Å². The third-order valence-electron chi connectivity index (χ3n) is 2.00. The van der Waals surface area contributed by atoms with Gasteiger partial charge >= 0.3 is 0 Å². The van der Waals surface area contributed by atoms with E-state index in [9.17, 15) is 0 Å². The molecule has 0 aliphatic heterocycles. The summed E-state index contributed by atoms with van der Waals surface area (Å²) in [4.78, 5) is 7.86. The fourth-order valence-corrected chi connectivity index (χ4v) is 1.28. The first-order valence-corrected chi connectivity index (χ1v) is 4.35. The minimum Gasteiger partial charge on any atom is -0.399 e. The summed E-state index contributed by atoms with van der Waals surface area (Å²) in [7, 11) is 0. The third-order valence-corrected chi connectivity index (χ3v) is 2.00. The number of nitrogens with two attached hydrogens (primary N) is 1. The molecular weight excluding hydrogens is 204 g/mol. The Bertz CT molecular complexity index is 613. The molecule has 2 N–H and O–H groups in total. The third kappa shape index (κ3) is 1.45. The number of nitriles is 2. The molecule has 0 amide bonds. The van der Waals surface area contributed by atoms with Crippen LogP contribution in [0.15, 0.2) is 24.7 Å². The van der Waals surface area contributed by atoms with E-state index in [0.29, 0.717) is 11.5 Å². The van der Waals surface area contributed by atoms with E-state index < -0.39 is 0 Å². The first-order chi connectivity index (χ1) is 7.76. The van der Waals surface area contributed by atoms with Crippen LogP contribution in [-0.4, -0.2) is 14.5 Å². The van der Waals surface area contributed by atoms with Gasteiger partial charge in [0.25, 0.3) is 0 Å². The zero-order valence-corrected chi connectivity index (χ0v) is 8.12. The number of rotatable bonds is 1. The molecule has 0 aliphatic carbocycles. The van der Waals surface area contributed by atoms with Crippen LogP contribution in [0.3, 0.4) is 0 Å². The van der Waals surface area contributed by atoms with Gasteiger partial charge in [-0.05, 0) is 6.07 Å². The molecule has 0 unspecified atom stereocenters. The molecule has 0 bridgehead atoms. The summed E-state index contributed by atoms with van der Waals surface area (Å²) in [5, 5.41) is 17.7. The number of nitrogen functional groups attached to an aromatic ring is 1. The van der Waals surface area contributed by atoms with Crippen LogP contribution in [0.5, 0.6) is 0 Å². The van der Waals surface area contributed by atoms with Crippen molar-refractivity contribution in [3.05, 3.63) is 36.0 Å². The molecule has 0 saturated carbocycles. The Morgan fingerprint density at radius 2 is 2.06 bits per heavy atom. The predicted octanol–water partition coefficient (Wildman–Crippen LogP) is 0.593. The highest BCUT2D eigenvalue weighted by atomic mass is 15.1. The number of hydrogen-bond acceptors (Lipinski definition) is 5. The lowest BCUT2D eigenvalue weighted by Gasteiger charge is -2.02. The molecule has 2 rings (SSSR count). The van der Waals surface area contributed by atoms with Gasteiger partial charge in [0, 0.05) is 18.0 Å². The lowest BCUT2D eigenvalue weighted by molar-refractivity contribution is 0.977. The Morgan fingerprint density at radius 3 is 2.69 bits per heavy atom. The van der Waals surface area contributed by atoms with Gasteiger partial charge in [0.15, 0.2) is 11.4 Å². The van der Waals surface area contributed by atoms with E-state index in [1.165, 1.54) is 17.1 Å². The molecule has 0 aromatic carbocycles. The summed E-state index contributed by atoms with van der Waals surface area (Å²) < 4.78 is 1.43. The van der Waals surface area contributed by atoms with E-state index in [-0.39, 0.29) is 11.4 Å². The van der Waals surface area contributed by atoms with Gasteiger partial charge in [0.05, 0.1) is 0 Å². The van der Waals surface area contributed by atoms with Crippen molar-refractivity contribution in [1.29, 1.82) is 10.5 Å². The predicted molar refractivity (Wildman–Crippen MR) is 55.2 cm³/mol. The Morgan fingerprint density at radius 1 is 1.25 bits per heavy atom. The number of imidazole rings is 1. The van der Waals surface area contributed by atoms with E-state index in [2.05, 4.69) is 9.97 Å². The lowest BCUT2D eigenvalue weighted by atomic mass is 10.3. The van der Waals surface area contributed by atoms with Crippen LogP contribution < -0.4 is 5.73 Å². The summed E-state index contributed by atoms with van der Waals surface area (Å²) in [6.45, 7) is 0. The summed E-state index contributed by atoms with van der Waals surface area (Å²) in [5.41, 5.74) is 6.36. The number of hydrogen-bond donors (Lipinski definition) is 1. The van der Waals surface area contributed by atoms with E-state index in [0.717, 1.165) is 0 Å². The van der Waals surface area contributed by atoms with E-state index >= 15 is 0 Å². The summed E-state index contributed by atoms with van der Waals surface area (Å²) in [5.74, 6) is 0.463. The molecular formula is C10H6N6. The van der Waals surface area contributed by atoms with Gasteiger partial charge in [-0.25, -0.2) is 9.97 Å². The quantitative estimate of drug-likeness (QED) is 0.741. The highest BCUT2D eigenvalue weighted by Gasteiger charge is 2.11. The normalized spacial score (nSPS) is 9.38. The standard InChI is InChI=1S/C10H6N6/c11-4-8-9(5-12)16(6-15-8)10-3-7(13)1-2-14-10/h1-3,6H,(H2,13,14). The van der Waals surface area contributed by atoms with Gasteiger partial charge in [-0.1, -0.05) is 0 Å². The highest BCUT2D eigenvalue weighted by molar-refractivity contribution is 5.47. The molecule has 6 nitrogen and oxygen atoms in total. The molecule has 0 fully saturated rings. The molecule has 2 aromatic heterocycles. The first kappa shape index (κ1) is 9.69. The maximum Gasteiger partial charge on any atom is 0.177 e. The largest absolute Gasteiger partial charge is 0.399 e. The van der Waals surface area contributed by atoms with Gasteiger partial charge < -0.3 is 5.73 Å². The molecule has 0 saturated heterocycles. The van der Waals surface area contributed by atoms with Crippen molar-refractivity contribution in [1.82, 2.24) is 14.5 Å². The van der Waals surface area contributed by atoms with E-state index in [1.807, 2.05) is 12.1 Å². The second-order valence-electron chi connectivity index (χ2n) is 2.98. The van der Waals surface area contributed by atoms with Crippen LogP contribution in [0.1, 0.15) is 11.4 Å². The monoisotopic (exact) mass is 210 g/mol. The molecule has 0 atom stereocenters. The summed E-state index contributed by atoms with van der Waals surface area (Å²) in [6, 6.07) is 6.99. The molecule has 6 heteroatoms. The number of nitrogens with zero attached hydrogens (tertiary/aromatic N) is 5. The Hall–Kier alpha value is -2.86. The van der Waals surface area contributed by atoms with Crippen LogP contribution in [0.2, 0.25) is 0 Å². The second kappa shape index (κ2) is 3.71. The van der Waals surface area contributed by atoms with Crippen molar-refractivity contribution >= 4 is 5.69 Å². The minimum absolute atomic E-state index is 0.0757. The number of aromatic nitrogens is 3. The van der Waals surface area contributed by atoms with E-state index in [4.69, 9.17) is 16.3 Å². The highest BCUT2D eigenvalue weighted by Crippen LogP contribution is 2.13. The minimum atomic E-state index is 0.0757. The van der Waals surface area contributed by atoms with Crippen LogP contribution in [0.25, 0.3) is 5.82 Å². The second-order valence-corrected chi connectivity index (χ2v) is 2.98. The van der Waals surface area contributed by atoms with Gasteiger partial charge in [-0.2, -0.15) is 10.5 Å². The molecule has 0 radical (unpaired) electrons. The summed E-state index contributed by atoms with van der Waals surface area (Å²) >= 11 is 0. The Kier molecular flexibility index (Phi) is 2.25. The smallest absolute Gasteiger partial charge is 0.177 e. The Labute approximate surface area is 91.2 Å². The van der Waals surface area contributed by atoms with Gasteiger partial charge in [0.2, 0.25) is 0 Å². The summed E-state index contributed by atoms with van der Waals surface area (Å²) in [6.07, 6.45) is 2.90. The van der Waals surface area contributed by atoms with Crippen molar-refractivity contribution in [2.24, 2.45) is 0 Å². The van der Waals surface area contributed by atoms with Crippen molar-refractivity contribution in [2.45, 2.75) is 0 Å². The van der Waals surface area contributed by atoms with Crippen molar-refractivity contribution in [2.75, 3.05) is 5.73 Å². The number of pyridine rings is 1. The zero-order chi connectivity index (χ0) is 11.5. The SMILES string of the molecule is N#Cc1ncn(-c2cc(N)ccn2)c1C#N. The molecule has 16 heavy (non-hydrogen) atoms. The number of anilines is 1. The fraction of sp³-hybridized carbons (Fsp3) is 0. The van der Waals surface area contributed by atoms with E-state index in [1.54, 1.807) is 12.1 Å². The van der Waals surface area contributed by atoms with Gasteiger partial charge in [-0.15, -0.1) is 0 Å². The molecule has 0 aliphatic rings. The fourth-order valence-electron chi connectivity index (χ4n) is 1.28. The van der Waals surface area contributed by atoms with Crippen LogP contribution in [0.4, 0.5) is 5.69 Å². The molecule has 2 aromatic rings. The van der Waals surface area contributed by atoms with Crippen LogP contribution in [0, 0.1) is 22.7 Å². The molecule has 2 heterocycles. The van der Waals surface area contributed by atoms with Crippen molar-refractivity contribution in [3.63, 3.8) is 0 Å². The van der Waals surface area contributed by atoms with Crippen molar-refractivity contribution in [3.8, 4) is 18.0 Å². The first-order valence-electron chi connectivity index (χ1n) is 4.35. The maximum absolute atomic E-state index is 8.93. The molecule has 76 valence electrons. The average Bonchev–Trinajstić information content (AvgIpc) is 2.71. The lowest BCUT2D eigenvalue weighted by Crippen LogP contribution is -2.00. The zero-order valence-electron chi connectivity index (χ0n) is 8.12. The van der Waals surface area contributed by atoms with Crippen LogP contribution in [-0.2, 0) is 0 Å². The average molecular weight is 210 g/mol. The topological polar surface area (TPSA) is 104 Å². The Balaban J connectivity index is 2.63. The van der Waals surface area contributed by atoms with Gasteiger partial charge in [-0.3, -0.25) is 4.57 Å². The molecule has 0 spiro atoms.